The Balaban J connectivity index is 2.41. The Morgan fingerprint density at radius 1 is 1.22 bits per heavy atom. The van der Waals surface area contributed by atoms with Crippen molar-refractivity contribution in [1.82, 2.24) is 15.0 Å². The standard InChI is InChI=1S/C13H9BrClN3/c1-7-17-12(8-4-2-3-5-10(8)15)11-9(14)6-16-13(11)18-7/h2-6H,1H3,(H,16,17,18). The van der Waals surface area contributed by atoms with Gasteiger partial charge in [0.1, 0.15) is 11.5 Å². The molecule has 0 saturated carbocycles. The number of nitrogens with one attached hydrogen (secondary N) is 1. The summed E-state index contributed by atoms with van der Waals surface area (Å²) in [5, 5.41) is 1.64. The first-order valence-corrected chi connectivity index (χ1v) is 6.60. The molecular formula is C13H9BrClN3. The highest BCUT2D eigenvalue weighted by atomic mass is 79.9. The summed E-state index contributed by atoms with van der Waals surface area (Å²) in [7, 11) is 0. The molecule has 0 aliphatic carbocycles. The summed E-state index contributed by atoms with van der Waals surface area (Å²) in [6.07, 6.45) is 1.86. The highest BCUT2D eigenvalue weighted by Gasteiger charge is 2.14. The predicted molar refractivity (Wildman–Crippen MR) is 76.8 cm³/mol. The van der Waals surface area contributed by atoms with Crippen molar-refractivity contribution in [2.24, 2.45) is 0 Å². The van der Waals surface area contributed by atoms with Gasteiger partial charge in [-0.2, -0.15) is 0 Å². The maximum absolute atomic E-state index is 6.24. The quantitative estimate of drug-likeness (QED) is 0.723. The largest absolute Gasteiger partial charge is 0.345 e. The van der Waals surface area contributed by atoms with Crippen LogP contribution in [0.1, 0.15) is 5.82 Å². The van der Waals surface area contributed by atoms with Gasteiger partial charge in [-0.1, -0.05) is 29.8 Å². The van der Waals surface area contributed by atoms with E-state index in [4.69, 9.17) is 11.6 Å². The third-order valence-electron chi connectivity index (χ3n) is 2.72. The molecule has 1 aromatic carbocycles. The van der Waals surface area contributed by atoms with Crippen LogP contribution < -0.4 is 0 Å². The number of hydrogen-bond acceptors (Lipinski definition) is 2. The number of rotatable bonds is 1. The molecule has 0 radical (unpaired) electrons. The van der Waals surface area contributed by atoms with Crippen molar-refractivity contribution in [3.05, 3.63) is 45.8 Å². The molecule has 1 N–H and O–H groups in total. The lowest BCUT2D eigenvalue weighted by molar-refractivity contribution is 1.08. The lowest BCUT2D eigenvalue weighted by atomic mass is 10.1. The topological polar surface area (TPSA) is 41.6 Å². The van der Waals surface area contributed by atoms with Crippen molar-refractivity contribution in [3.63, 3.8) is 0 Å². The second kappa shape index (κ2) is 4.37. The van der Waals surface area contributed by atoms with E-state index in [-0.39, 0.29) is 0 Å². The van der Waals surface area contributed by atoms with Gasteiger partial charge < -0.3 is 4.98 Å². The number of H-pyrrole nitrogens is 1. The Morgan fingerprint density at radius 2 is 2.00 bits per heavy atom. The van der Waals surface area contributed by atoms with Crippen LogP contribution in [0, 0.1) is 6.92 Å². The number of aromatic amines is 1. The van der Waals surface area contributed by atoms with Gasteiger partial charge in [0.15, 0.2) is 0 Å². The van der Waals surface area contributed by atoms with E-state index in [0.717, 1.165) is 26.8 Å². The molecule has 0 atom stereocenters. The summed E-state index contributed by atoms with van der Waals surface area (Å²) >= 11 is 9.75. The van der Waals surface area contributed by atoms with Gasteiger partial charge in [0.25, 0.3) is 0 Å². The monoisotopic (exact) mass is 321 g/mol. The Bertz CT molecular complexity index is 736. The zero-order valence-electron chi connectivity index (χ0n) is 9.54. The van der Waals surface area contributed by atoms with Gasteiger partial charge in [0.05, 0.1) is 11.1 Å². The SMILES string of the molecule is Cc1nc(-c2ccccc2Cl)c2c(Br)c[nH]c2n1. The summed E-state index contributed by atoms with van der Waals surface area (Å²) in [6.45, 7) is 1.87. The fraction of sp³-hybridized carbons (Fsp3) is 0.0769. The van der Waals surface area contributed by atoms with Gasteiger partial charge in [-0.05, 0) is 28.9 Å². The Kier molecular flexibility index (Phi) is 2.84. The van der Waals surface area contributed by atoms with E-state index in [9.17, 15) is 0 Å². The van der Waals surface area contributed by atoms with Crippen molar-refractivity contribution in [3.8, 4) is 11.3 Å². The fourth-order valence-electron chi connectivity index (χ4n) is 1.96. The number of halogens is 2. The normalized spacial score (nSPS) is 11.1. The molecule has 3 rings (SSSR count). The summed E-state index contributed by atoms with van der Waals surface area (Å²) < 4.78 is 0.937. The van der Waals surface area contributed by atoms with Crippen molar-refractivity contribution in [2.75, 3.05) is 0 Å². The number of benzene rings is 1. The lowest BCUT2D eigenvalue weighted by Gasteiger charge is -2.06. The van der Waals surface area contributed by atoms with Crippen molar-refractivity contribution in [1.29, 1.82) is 0 Å². The Hall–Kier alpha value is -1.39. The number of fused-ring (bicyclic) bond motifs is 1. The molecule has 0 amide bonds. The van der Waals surface area contributed by atoms with Gasteiger partial charge in [0, 0.05) is 21.3 Å². The van der Waals surface area contributed by atoms with Gasteiger partial charge in [-0.25, -0.2) is 9.97 Å². The minimum absolute atomic E-state index is 0.685. The summed E-state index contributed by atoms with van der Waals surface area (Å²) in [6, 6.07) is 7.68. The molecule has 0 spiro atoms. The lowest BCUT2D eigenvalue weighted by Crippen LogP contribution is -1.93. The average Bonchev–Trinajstić information content (AvgIpc) is 2.71. The van der Waals surface area contributed by atoms with Crippen LogP contribution in [0.15, 0.2) is 34.9 Å². The number of aryl methyl sites for hydroxylation is 1. The van der Waals surface area contributed by atoms with Gasteiger partial charge in [-0.3, -0.25) is 0 Å². The summed E-state index contributed by atoms with van der Waals surface area (Å²) in [5.41, 5.74) is 2.57. The third-order valence-corrected chi connectivity index (χ3v) is 3.68. The minimum Gasteiger partial charge on any atom is -0.345 e. The first-order chi connectivity index (χ1) is 8.66. The van der Waals surface area contributed by atoms with Crippen molar-refractivity contribution in [2.45, 2.75) is 6.92 Å². The van der Waals surface area contributed by atoms with E-state index in [1.807, 2.05) is 37.4 Å². The van der Waals surface area contributed by atoms with Gasteiger partial charge >= 0.3 is 0 Å². The summed E-state index contributed by atoms with van der Waals surface area (Å²) in [4.78, 5) is 12.0. The average molecular weight is 323 g/mol. The van der Waals surface area contributed by atoms with Crippen LogP contribution in [0.5, 0.6) is 0 Å². The molecule has 2 aromatic heterocycles. The van der Waals surface area contributed by atoms with E-state index in [2.05, 4.69) is 30.9 Å². The minimum atomic E-state index is 0.685. The van der Waals surface area contributed by atoms with Crippen LogP contribution in [0.4, 0.5) is 0 Å². The maximum Gasteiger partial charge on any atom is 0.142 e. The van der Waals surface area contributed by atoms with Crippen LogP contribution in [-0.2, 0) is 0 Å². The molecule has 0 bridgehead atoms. The Labute approximate surface area is 117 Å². The molecule has 0 fully saturated rings. The second-order valence-corrected chi connectivity index (χ2v) is 5.22. The molecule has 0 aliphatic rings. The zero-order chi connectivity index (χ0) is 12.7. The van der Waals surface area contributed by atoms with Gasteiger partial charge in [0.2, 0.25) is 0 Å². The van der Waals surface area contributed by atoms with E-state index in [1.165, 1.54) is 0 Å². The van der Waals surface area contributed by atoms with E-state index in [1.54, 1.807) is 0 Å². The molecule has 0 saturated heterocycles. The Morgan fingerprint density at radius 3 is 2.78 bits per heavy atom. The number of aromatic nitrogens is 3. The number of nitrogens with zero attached hydrogens (tertiary/aromatic N) is 2. The molecule has 18 heavy (non-hydrogen) atoms. The van der Waals surface area contributed by atoms with E-state index >= 15 is 0 Å². The first-order valence-electron chi connectivity index (χ1n) is 5.43. The van der Waals surface area contributed by atoms with E-state index in [0.29, 0.717) is 10.8 Å². The fourth-order valence-corrected chi connectivity index (χ4v) is 2.67. The van der Waals surface area contributed by atoms with Crippen LogP contribution in [0.25, 0.3) is 22.3 Å². The van der Waals surface area contributed by atoms with Crippen LogP contribution in [-0.4, -0.2) is 15.0 Å². The second-order valence-electron chi connectivity index (χ2n) is 3.96. The molecule has 0 unspecified atom stereocenters. The highest BCUT2D eigenvalue weighted by Crippen LogP contribution is 2.34. The molecule has 3 aromatic rings. The van der Waals surface area contributed by atoms with Crippen LogP contribution >= 0.6 is 27.5 Å². The van der Waals surface area contributed by atoms with E-state index < -0.39 is 0 Å². The highest BCUT2D eigenvalue weighted by molar-refractivity contribution is 9.10. The third kappa shape index (κ3) is 1.82. The first kappa shape index (κ1) is 11.7. The predicted octanol–water partition coefficient (Wildman–Crippen LogP) is 4.35. The van der Waals surface area contributed by atoms with Crippen LogP contribution in [0.3, 0.4) is 0 Å². The number of hydrogen-bond donors (Lipinski definition) is 1. The molecule has 2 heterocycles. The van der Waals surface area contributed by atoms with Gasteiger partial charge in [-0.15, -0.1) is 0 Å². The zero-order valence-corrected chi connectivity index (χ0v) is 11.9. The summed E-state index contributed by atoms with van der Waals surface area (Å²) in [5.74, 6) is 0.715. The molecule has 5 heteroatoms. The van der Waals surface area contributed by atoms with Crippen molar-refractivity contribution >= 4 is 38.6 Å². The smallest absolute Gasteiger partial charge is 0.142 e. The molecule has 0 aliphatic heterocycles. The van der Waals surface area contributed by atoms with Crippen LogP contribution in [0.2, 0.25) is 5.02 Å². The molecule has 3 nitrogen and oxygen atoms in total. The maximum atomic E-state index is 6.24. The molecular weight excluding hydrogens is 314 g/mol. The molecule has 90 valence electrons. The van der Waals surface area contributed by atoms with Crippen molar-refractivity contribution < 1.29 is 0 Å².